The van der Waals surface area contributed by atoms with E-state index in [0.717, 1.165) is 27.8 Å². The van der Waals surface area contributed by atoms with E-state index in [1.165, 1.54) is 0 Å². The highest BCUT2D eigenvalue weighted by Crippen LogP contribution is 2.33. The highest BCUT2D eigenvalue weighted by molar-refractivity contribution is 5.99. The molecule has 0 amide bonds. The molecule has 2 aliphatic heterocycles. The van der Waals surface area contributed by atoms with Gasteiger partial charge in [-0.05, 0) is 6.07 Å². The normalized spacial score (nSPS) is 14.2. The number of hydrogen-bond donors (Lipinski definition) is 2. The van der Waals surface area contributed by atoms with Gasteiger partial charge in [0.15, 0.2) is 0 Å². The summed E-state index contributed by atoms with van der Waals surface area (Å²) in [6, 6.07) is 5.69. The Morgan fingerprint density at radius 1 is 1.24 bits per heavy atom. The molecule has 1 aromatic carbocycles. The van der Waals surface area contributed by atoms with Crippen molar-refractivity contribution in [3.05, 3.63) is 28.9 Å². The molecular weight excluding hydrogens is 218 g/mol. The van der Waals surface area contributed by atoms with Crippen molar-refractivity contribution >= 4 is 16.6 Å². The number of hydrogen-bond acceptors (Lipinski definition) is 6. The highest BCUT2D eigenvalue weighted by atomic mass is 15.4. The molecule has 1 aliphatic carbocycles. The molecule has 0 unspecified atom stereocenters. The maximum absolute atomic E-state index is 6.88. The third kappa shape index (κ3) is 0.865. The average molecular weight is 223 g/mol. The largest absolute Gasteiger partial charge is 0.273 e. The maximum atomic E-state index is 6.88. The summed E-state index contributed by atoms with van der Waals surface area (Å²) in [4.78, 5) is 0. The standard InChI is InChI=1S/C10H5N7/c11-17-16-7-4-2-1-3-5-6(4)8(13-12-5)10-9(7)14-15-10/h1-3,11,15H/b16-7+,17-11?. The predicted octanol–water partition coefficient (Wildman–Crippen LogP) is 0.698. The van der Waals surface area contributed by atoms with Gasteiger partial charge in [-0.2, -0.15) is 10.6 Å². The minimum Gasteiger partial charge on any atom is -0.273 e. The second-order valence-corrected chi connectivity index (χ2v) is 3.74. The molecule has 0 fully saturated rings. The van der Waals surface area contributed by atoms with Crippen LogP contribution in [-0.4, -0.2) is 10.2 Å². The summed E-state index contributed by atoms with van der Waals surface area (Å²) in [5.74, 6) is 0. The smallest absolute Gasteiger partial charge is 0.139 e. The van der Waals surface area contributed by atoms with Gasteiger partial charge in [-0.1, -0.05) is 17.4 Å². The molecule has 0 bridgehead atoms. The lowest BCUT2D eigenvalue weighted by Crippen LogP contribution is -2.37. The fraction of sp³-hybridized carbons (Fsp3) is 0. The summed E-state index contributed by atoms with van der Waals surface area (Å²) in [5.41, 5.74) is 13.1. The minimum absolute atomic E-state index is 0.599. The Bertz CT molecular complexity index is 838. The number of anilines is 1. The molecule has 80 valence electrons. The lowest BCUT2D eigenvalue weighted by Gasteiger charge is -2.14. The number of benzene rings is 2. The molecule has 3 aliphatic rings. The van der Waals surface area contributed by atoms with Crippen LogP contribution in [0, 0.1) is 5.53 Å². The first-order valence-corrected chi connectivity index (χ1v) is 4.99. The Kier molecular flexibility index (Phi) is 1.34. The average Bonchev–Trinajstić information content (AvgIpc) is 2.70. The van der Waals surface area contributed by atoms with Crippen molar-refractivity contribution in [3.8, 4) is 11.3 Å². The Morgan fingerprint density at radius 3 is 2.94 bits per heavy atom. The van der Waals surface area contributed by atoms with E-state index in [0.29, 0.717) is 10.7 Å². The zero-order valence-electron chi connectivity index (χ0n) is 8.47. The summed E-state index contributed by atoms with van der Waals surface area (Å²) in [6.07, 6.45) is 0. The number of nitrogens with zero attached hydrogens (tertiary/aromatic N) is 5. The van der Waals surface area contributed by atoms with Crippen LogP contribution in [0.1, 0.15) is 0 Å². The lowest BCUT2D eigenvalue weighted by atomic mass is 10.00. The second kappa shape index (κ2) is 2.70. The van der Waals surface area contributed by atoms with Gasteiger partial charge in [0, 0.05) is 10.9 Å². The van der Waals surface area contributed by atoms with E-state index in [1.54, 1.807) is 0 Å². The van der Waals surface area contributed by atoms with Gasteiger partial charge in [-0.3, -0.25) is 5.43 Å². The second-order valence-electron chi connectivity index (χ2n) is 3.74. The van der Waals surface area contributed by atoms with Crippen molar-refractivity contribution in [1.29, 1.82) is 5.53 Å². The zero-order chi connectivity index (χ0) is 11.4. The van der Waals surface area contributed by atoms with Crippen molar-refractivity contribution in [2.75, 3.05) is 5.43 Å². The molecule has 4 rings (SSSR count). The van der Waals surface area contributed by atoms with Crippen LogP contribution in [0.25, 0.3) is 22.2 Å². The quantitative estimate of drug-likeness (QED) is 0.469. The third-order valence-corrected chi connectivity index (χ3v) is 2.92. The molecule has 0 radical (unpaired) electrons. The van der Waals surface area contributed by atoms with E-state index in [9.17, 15) is 0 Å². The number of nitrogens with one attached hydrogen (secondary N) is 2. The SMILES string of the molecule is N=N/N=c1/c2c(c3nnc4cccc1c4-3)NN=2. The number of fused-ring (bicyclic) bond motifs is 2. The molecule has 7 heteroatoms. The van der Waals surface area contributed by atoms with Gasteiger partial charge in [-0.15, -0.1) is 15.3 Å². The maximum Gasteiger partial charge on any atom is 0.139 e. The van der Waals surface area contributed by atoms with Gasteiger partial charge in [0.25, 0.3) is 0 Å². The Morgan fingerprint density at radius 2 is 2.18 bits per heavy atom. The van der Waals surface area contributed by atoms with Crippen LogP contribution in [0.5, 0.6) is 0 Å². The molecule has 2 N–H and O–H groups in total. The van der Waals surface area contributed by atoms with Crippen molar-refractivity contribution in [2.45, 2.75) is 0 Å². The van der Waals surface area contributed by atoms with Crippen LogP contribution in [0.2, 0.25) is 0 Å². The monoisotopic (exact) mass is 223 g/mol. The van der Waals surface area contributed by atoms with E-state index in [1.807, 2.05) is 18.2 Å². The Hall–Kier alpha value is -2.70. The van der Waals surface area contributed by atoms with Crippen LogP contribution in [0.15, 0.2) is 33.6 Å². The fourth-order valence-electron chi connectivity index (χ4n) is 2.18. The topological polar surface area (TPSA) is 98.7 Å². The van der Waals surface area contributed by atoms with E-state index in [2.05, 4.69) is 31.0 Å². The molecule has 0 saturated heterocycles. The van der Waals surface area contributed by atoms with E-state index in [4.69, 9.17) is 5.53 Å². The van der Waals surface area contributed by atoms with Crippen molar-refractivity contribution in [1.82, 2.24) is 10.2 Å². The molecule has 1 aromatic rings. The lowest BCUT2D eigenvalue weighted by molar-refractivity contribution is 0.930. The van der Waals surface area contributed by atoms with Crippen molar-refractivity contribution < 1.29 is 0 Å². The highest BCUT2D eigenvalue weighted by Gasteiger charge is 2.25. The van der Waals surface area contributed by atoms with Gasteiger partial charge in [0.05, 0.1) is 5.52 Å². The van der Waals surface area contributed by atoms with Gasteiger partial charge in [-0.25, -0.2) is 0 Å². The van der Waals surface area contributed by atoms with Crippen LogP contribution >= 0.6 is 0 Å². The first kappa shape index (κ1) is 8.45. The third-order valence-electron chi connectivity index (χ3n) is 2.92. The molecular formula is C10H5N7. The fourth-order valence-corrected chi connectivity index (χ4v) is 2.18. The van der Waals surface area contributed by atoms with Crippen LogP contribution in [0.3, 0.4) is 0 Å². The number of aromatic nitrogens is 2. The van der Waals surface area contributed by atoms with Gasteiger partial charge >= 0.3 is 0 Å². The van der Waals surface area contributed by atoms with E-state index < -0.39 is 0 Å². The molecule has 0 spiro atoms. The van der Waals surface area contributed by atoms with Gasteiger partial charge in [0.2, 0.25) is 0 Å². The van der Waals surface area contributed by atoms with Gasteiger partial charge in [0.1, 0.15) is 22.1 Å². The van der Waals surface area contributed by atoms with Crippen LogP contribution in [0.4, 0.5) is 5.69 Å². The molecule has 0 atom stereocenters. The first-order chi connectivity index (χ1) is 8.40. The van der Waals surface area contributed by atoms with Gasteiger partial charge < -0.3 is 0 Å². The predicted molar refractivity (Wildman–Crippen MR) is 58.4 cm³/mol. The molecule has 7 nitrogen and oxygen atoms in total. The Labute approximate surface area is 94.0 Å². The van der Waals surface area contributed by atoms with E-state index in [-0.39, 0.29) is 0 Å². The van der Waals surface area contributed by atoms with Crippen LogP contribution < -0.4 is 16.1 Å². The molecule has 17 heavy (non-hydrogen) atoms. The zero-order valence-corrected chi connectivity index (χ0v) is 8.47. The van der Waals surface area contributed by atoms with Crippen molar-refractivity contribution in [2.24, 2.45) is 15.4 Å². The summed E-state index contributed by atoms with van der Waals surface area (Å²) >= 11 is 0. The first-order valence-electron chi connectivity index (χ1n) is 4.99. The summed E-state index contributed by atoms with van der Waals surface area (Å²) < 4.78 is 0. The minimum atomic E-state index is 0.599. The molecule has 0 saturated carbocycles. The molecule has 0 aromatic heterocycles. The number of rotatable bonds is 1. The Balaban J connectivity index is 2.41. The van der Waals surface area contributed by atoms with Crippen molar-refractivity contribution in [3.63, 3.8) is 0 Å². The van der Waals surface area contributed by atoms with Crippen LogP contribution in [-0.2, 0) is 0 Å². The van der Waals surface area contributed by atoms with E-state index >= 15 is 0 Å². The summed E-state index contributed by atoms with van der Waals surface area (Å²) in [6.45, 7) is 0. The summed E-state index contributed by atoms with van der Waals surface area (Å²) in [5, 5.41) is 21.4. The summed E-state index contributed by atoms with van der Waals surface area (Å²) in [7, 11) is 0. The molecule has 2 heterocycles.